The molecule has 1 saturated carbocycles. The van der Waals surface area contributed by atoms with Crippen molar-refractivity contribution in [2.75, 3.05) is 0 Å². The highest BCUT2D eigenvalue weighted by molar-refractivity contribution is 9.10. The molecule has 1 aliphatic carbocycles. The van der Waals surface area contributed by atoms with Gasteiger partial charge >= 0.3 is 0 Å². The van der Waals surface area contributed by atoms with Crippen LogP contribution in [0.15, 0.2) is 15.2 Å². The molecule has 0 saturated heterocycles. The van der Waals surface area contributed by atoms with Crippen LogP contribution in [-0.2, 0) is 5.60 Å². The summed E-state index contributed by atoms with van der Waals surface area (Å²) in [5.74, 6) is 0.475. The van der Waals surface area contributed by atoms with Gasteiger partial charge in [-0.25, -0.2) is 0 Å². The number of hydrogen-bond donors (Lipinski definition) is 1. The van der Waals surface area contributed by atoms with Crippen molar-refractivity contribution in [2.45, 2.75) is 25.4 Å². The lowest BCUT2D eigenvalue weighted by Gasteiger charge is -2.07. The van der Waals surface area contributed by atoms with Crippen LogP contribution < -0.4 is 0 Å². The van der Waals surface area contributed by atoms with Gasteiger partial charge in [0.25, 0.3) is 0 Å². The second kappa shape index (κ2) is 2.82. The monoisotopic (exact) mass is 246 g/mol. The zero-order chi connectivity index (χ0) is 8.77. The Kier molecular flexibility index (Phi) is 2.05. The van der Waals surface area contributed by atoms with Crippen LogP contribution >= 0.6 is 27.3 Å². The number of aliphatic hydroxyl groups is 1. The van der Waals surface area contributed by atoms with Gasteiger partial charge in [-0.3, -0.25) is 0 Å². The van der Waals surface area contributed by atoms with Crippen molar-refractivity contribution in [1.29, 1.82) is 0 Å². The molecule has 0 radical (unpaired) electrons. The van der Waals surface area contributed by atoms with E-state index in [1.54, 1.807) is 11.3 Å². The Balaban J connectivity index is 2.27. The number of thiophene rings is 1. The van der Waals surface area contributed by atoms with E-state index in [4.69, 9.17) is 0 Å². The SMILES string of the molecule is CCC1CC1(O)c1cscc1Br. The van der Waals surface area contributed by atoms with E-state index in [1.807, 2.05) is 10.8 Å². The lowest BCUT2D eigenvalue weighted by molar-refractivity contribution is 0.130. The molecule has 0 bridgehead atoms. The van der Waals surface area contributed by atoms with Crippen LogP contribution in [0.3, 0.4) is 0 Å². The van der Waals surface area contributed by atoms with Crippen LogP contribution in [0.4, 0.5) is 0 Å². The largest absolute Gasteiger partial charge is 0.385 e. The van der Waals surface area contributed by atoms with E-state index >= 15 is 0 Å². The van der Waals surface area contributed by atoms with Gasteiger partial charge in [-0.05, 0) is 33.6 Å². The molecule has 2 atom stereocenters. The molecule has 1 heterocycles. The molecule has 0 spiro atoms. The molecule has 1 aromatic heterocycles. The number of rotatable bonds is 2. The minimum atomic E-state index is -0.506. The molecule has 0 amide bonds. The van der Waals surface area contributed by atoms with Gasteiger partial charge in [-0.1, -0.05) is 13.3 Å². The molecule has 66 valence electrons. The number of halogens is 1. The van der Waals surface area contributed by atoms with Gasteiger partial charge < -0.3 is 5.11 Å². The van der Waals surface area contributed by atoms with Gasteiger partial charge in [0.2, 0.25) is 0 Å². The van der Waals surface area contributed by atoms with E-state index in [2.05, 4.69) is 22.9 Å². The average molecular weight is 247 g/mol. The molecule has 1 fully saturated rings. The van der Waals surface area contributed by atoms with Crippen molar-refractivity contribution in [2.24, 2.45) is 5.92 Å². The minimum absolute atomic E-state index is 0.475. The summed E-state index contributed by atoms with van der Waals surface area (Å²) < 4.78 is 1.06. The molecule has 3 heteroatoms. The summed E-state index contributed by atoms with van der Waals surface area (Å²) in [5, 5.41) is 14.2. The Hall–Kier alpha value is 0.140. The summed E-state index contributed by atoms with van der Waals surface area (Å²) in [6.07, 6.45) is 2.00. The van der Waals surface area contributed by atoms with E-state index in [0.29, 0.717) is 5.92 Å². The predicted octanol–water partition coefficient (Wildman–Crippen LogP) is 3.13. The quantitative estimate of drug-likeness (QED) is 0.851. The summed E-state index contributed by atoms with van der Waals surface area (Å²) in [7, 11) is 0. The lowest BCUT2D eigenvalue weighted by Crippen LogP contribution is -2.07. The molecular formula is C9H11BrOS. The summed E-state index contributed by atoms with van der Waals surface area (Å²) in [4.78, 5) is 0. The van der Waals surface area contributed by atoms with Crippen molar-refractivity contribution in [3.8, 4) is 0 Å². The van der Waals surface area contributed by atoms with Gasteiger partial charge in [0.15, 0.2) is 0 Å². The first-order chi connectivity index (χ1) is 5.68. The smallest absolute Gasteiger partial charge is 0.0948 e. The first kappa shape index (κ1) is 8.73. The third-order valence-electron chi connectivity index (χ3n) is 2.65. The fraction of sp³-hybridized carbons (Fsp3) is 0.556. The standard InChI is InChI=1S/C9H11BrOS/c1-2-6-3-9(6,11)7-4-12-5-8(7)10/h4-6,11H,2-3H2,1H3. The molecule has 2 unspecified atom stereocenters. The highest BCUT2D eigenvalue weighted by Crippen LogP contribution is 2.55. The van der Waals surface area contributed by atoms with Gasteiger partial charge in [0.1, 0.15) is 0 Å². The van der Waals surface area contributed by atoms with Crippen LogP contribution in [0.2, 0.25) is 0 Å². The first-order valence-corrected chi connectivity index (χ1v) is 5.86. The second-order valence-corrected chi connectivity index (χ2v) is 4.96. The van der Waals surface area contributed by atoms with Crippen molar-refractivity contribution >= 4 is 27.3 Å². The van der Waals surface area contributed by atoms with Gasteiger partial charge in [-0.15, -0.1) is 0 Å². The maximum atomic E-state index is 10.1. The zero-order valence-electron chi connectivity index (χ0n) is 6.88. The molecule has 12 heavy (non-hydrogen) atoms. The van der Waals surface area contributed by atoms with E-state index in [-0.39, 0.29) is 0 Å². The van der Waals surface area contributed by atoms with Gasteiger partial charge in [0, 0.05) is 15.4 Å². The molecule has 1 N–H and O–H groups in total. The molecule has 1 nitrogen and oxygen atoms in total. The summed E-state index contributed by atoms with van der Waals surface area (Å²) in [5.41, 5.74) is 0.576. The Morgan fingerprint density at radius 3 is 2.92 bits per heavy atom. The third kappa shape index (κ3) is 1.15. The van der Waals surface area contributed by atoms with E-state index in [9.17, 15) is 5.11 Å². The van der Waals surface area contributed by atoms with Crippen molar-refractivity contribution in [3.05, 3.63) is 20.8 Å². The Morgan fingerprint density at radius 2 is 2.50 bits per heavy atom. The maximum absolute atomic E-state index is 10.1. The highest BCUT2D eigenvalue weighted by Gasteiger charge is 2.53. The van der Waals surface area contributed by atoms with Crippen LogP contribution in [0, 0.1) is 5.92 Å². The fourth-order valence-electron chi connectivity index (χ4n) is 1.72. The summed E-state index contributed by atoms with van der Waals surface area (Å²) >= 11 is 5.09. The second-order valence-electron chi connectivity index (χ2n) is 3.37. The van der Waals surface area contributed by atoms with Crippen LogP contribution in [0.5, 0.6) is 0 Å². The fourth-order valence-corrected chi connectivity index (χ4v) is 3.43. The van der Waals surface area contributed by atoms with Crippen LogP contribution in [0.1, 0.15) is 25.3 Å². The van der Waals surface area contributed by atoms with Crippen LogP contribution in [0.25, 0.3) is 0 Å². The van der Waals surface area contributed by atoms with Crippen molar-refractivity contribution in [1.82, 2.24) is 0 Å². The first-order valence-electron chi connectivity index (χ1n) is 4.13. The van der Waals surface area contributed by atoms with E-state index in [0.717, 1.165) is 22.9 Å². The highest BCUT2D eigenvalue weighted by atomic mass is 79.9. The Bertz CT molecular complexity index is 296. The number of hydrogen-bond acceptors (Lipinski definition) is 2. The molecule has 1 aliphatic rings. The molecular weight excluding hydrogens is 236 g/mol. The molecule has 0 aromatic carbocycles. The topological polar surface area (TPSA) is 20.2 Å². The molecule has 2 rings (SSSR count). The van der Waals surface area contributed by atoms with Gasteiger partial charge in [0.05, 0.1) is 5.60 Å². The Labute approximate surface area is 84.6 Å². The van der Waals surface area contributed by atoms with Crippen LogP contribution in [-0.4, -0.2) is 5.11 Å². The van der Waals surface area contributed by atoms with Crippen molar-refractivity contribution in [3.63, 3.8) is 0 Å². The normalized spacial score (nSPS) is 33.8. The van der Waals surface area contributed by atoms with E-state index < -0.39 is 5.60 Å². The summed E-state index contributed by atoms with van der Waals surface area (Å²) in [6.45, 7) is 2.13. The zero-order valence-corrected chi connectivity index (χ0v) is 9.28. The Morgan fingerprint density at radius 1 is 1.75 bits per heavy atom. The minimum Gasteiger partial charge on any atom is -0.385 e. The van der Waals surface area contributed by atoms with Gasteiger partial charge in [-0.2, -0.15) is 11.3 Å². The molecule has 0 aliphatic heterocycles. The van der Waals surface area contributed by atoms with Crippen molar-refractivity contribution < 1.29 is 5.11 Å². The maximum Gasteiger partial charge on any atom is 0.0948 e. The van der Waals surface area contributed by atoms with E-state index in [1.165, 1.54) is 0 Å². The lowest BCUT2D eigenvalue weighted by atomic mass is 10.1. The molecule has 1 aromatic rings. The predicted molar refractivity (Wildman–Crippen MR) is 54.3 cm³/mol. The third-order valence-corrected chi connectivity index (χ3v) is 4.35. The average Bonchev–Trinajstić information content (AvgIpc) is 2.50. The summed E-state index contributed by atoms with van der Waals surface area (Å²) in [6, 6.07) is 0.